The predicted octanol–water partition coefficient (Wildman–Crippen LogP) is 4.36. The molecular weight excluding hydrogens is 364 g/mol. The van der Waals surface area contributed by atoms with E-state index in [0.29, 0.717) is 10.7 Å². The number of hydrogen-bond donors (Lipinski definition) is 2. The molecule has 1 aliphatic carbocycles. The van der Waals surface area contributed by atoms with Gasteiger partial charge in [0.2, 0.25) is 0 Å². The van der Waals surface area contributed by atoms with Crippen LogP contribution >= 0.6 is 11.6 Å². The van der Waals surface area contributed by atoms with Gasteiger partial charge in [-0.3, -0.25) is 4.40 Å². The van der Waals surface area contributed by atoms with Crippen molar-refractivity contribution in [3.05, 3.63) is 64.6 Å². The minimum absolute atomic E-state index is 0.188. The molecule has 3 aromatic rings. The molecule has 1 saturated carbocycles. The van der Waals surface area contributed by atoms with Crippen LogP contribution in [0.3, 0.4) is 0 Å². The maximum Gasteiger partial charge on any atom is 0.405 e. The van der Waals surface area contributed by atoms with Crippen LogP contribution in [-0.2, 0) is 11.0 Å². The minimum atomic E-state index is -1.07. The topological polar surface area (TPSA) is 79.5 Å². The zero-order valence-corrected chi connectivity index (χ0v) is 16.0. The number of halogens is 1. The molecule has 7 heteroatoms. The summed E-state index contributed by atoms with van der Waals surface area (Å²) in [5.74, 6) is 0.888. The second-order valence-corrected chi connectivity index (χ2v) is 8.07. The number of benzene rings is 1. The molecule has 140 valence electrons. The number of rotatable bonds is 4. The van der Waals surface area contributed by atoms with Crippen molar-refractivity contribution in [2.24, 2.45) is 0 Å². The van der Waals surface area contributed by atoms with E-state index in [0.717, 1.165) is 30.7 Å². The van der Waals surface area contributed by atoms with Crippen LogP contribution in [0.1, 0.15) is 50.1 Å². The predicted molar refractivity (Wildman–Crippen MR) is 103 cm³/mol. The van der Waals surface area contributed by atoms with Gasteiger partial charge in [-0.15, -0.1) is 10.2 Å². The first-order valence-corrected chi connectivity index (χ1v) is 9.33. The van der Waals surface area contributed by atoms with E-state index in [1.54, 1.807) is 0 Å². The minimum Gasteiger partial charge on any atom is -0.465 e. The lowest BCUT2D eigenvalue weighted by Gasteiger charge is -2.41. The first kappa shape index (κ1) is 17.8. The highest BCUT2D eigenvalue weighted by atomic mass is 35.5. The van der Waals surface area contributed by atoms with E-state index in [2.05, 4.69) is 27.6 Å². The quantitative estimate of drug-likeness (QED) is 0.700. The highest BCUT2D eigenvalue weighted by molar-refractivity contribution is 6.30. The van der Waals surface area contributed by atoms with Gasteiger partial charge >= 0.3 is 6.09 Å². The van der Waals surface area contributed by atoms with Gasteiger partial charge in [-0.05, 0) is 50.5 Å². The van der Waals surface area contributed by atoms with Crippen molar-refractivity contribution in [2.75, 3.05) is 0 Å². The third-order valence-electron chi connectivity index (χ3n) is 5.56. The zero-order chi connectivity index (χ0) is 19.2. The maximum atomic E-state index is 11.2. The summed E-state index contributed by atoms with van der Waals surface area (Å²) in [6.45, 7) is 3.65. The Balaban J connectivity index is 1.85. The van der Waals surface area contributed by atoms with E-state index >= 15 is 0 Å². The van der Waals surface area contributed by atoms with Crippen LogP contribution in [0.5, 0.6) is 0 Å². The molecule has 1 fully saturated rings. The van der Waals surface area contributed by atoms with Crippen LogP contribution in [0.25, 0.3) is 5.65 Å². The fourth-order valence-electron chi connectivity index (χ4n) is 4.01. The lowest BCUT2D eigenvalue weighted by atomic mass is 9.64. The third kappa shape index (κ3) is 2.84. The number of nitrogens with one attached hydrogen (secondary N) is 1. The van der Waals surface area contributed by atoms with Crippen LogP contribution < -0.4 is 5.32 Å². The summed E-state index contributed by atoms with van der Waals surface area (Å²) in [5, 5.41) is 21.4. The van der Waals surface area contributed by atoms with Gasteiger partial charge in [0.25, 0.3) is 0 Å². The largest absolute Gasteiger partial charge is 0.465 e. The molecule has 0 atom stereocenters. The molecular formula is C20H21ClN4O2. The summed E-state index contributed by atoms with van der Waals surface area (Å²) in [6, 6.07) is 11.7. The van der Waals surface area contributed by atoms with Crippen molar-refractivity contribution in [3.63, 3.8) is 0 Å². The van der Waals surface area contributed by atoms with Gasteiger partial charge < -0.3 is 10.4 Å². The van der Waals surface area contributed by atoms with E-state index in [1.165, 1.54) is 5.56 Å². The van der Waals surface area contributed by atoms with Gasteiger partial charge in [-0.25, -0.2) is 4.79 Å². The lowest BCUT2D eigenvalue weighted by Crippen LogP contribution is -2.40. The van der Waals surface area contributed by atoms with Crippen molar-refractivity contribution in [1.29, 1.82) is 0 Å². The van der Waals surface area contributed by atoms with Crippen molar-refractivity contribution < 1.29 is 9.90 Å². The highest BCUT2D eigenvalue weighted by Gasteiger charge is 2.44. The van der Waals surface area contributed by atoms with Gasteiger partial charge in [0, 0.05) is 16.8 Å². The molecule has 0 saturated heterocycles. The fraction of sp³-hybridized carbons (Fsp3) is 0.350. The lowest BCUT2D eigenvalue weighted by molar-refractivity contribution is 0.182. The Labute approximate surface area is 162 Å². The van der Waals surface area contributed by atoms with Crippen LogP contribution in [-0.4, -0.2) is 25.8 Å². The Morgan fingerprint density at radius 3 is 2.52 bits per heavy atom. The molecule has 1 aliphatic rings. The number of hydrogen-bond acceptors (Lipinski definition) is 3. The van der Waals surface area contributed by atoms with Crippen LogP contribution in [0.4, 0.5) is 4.79 Å². The van der Waals surface area contributed by atoms with E-state index in [4.69, 9.17) is 11.6 Å². The van der Waals surface area contributed by atoms with Crippen molar-refractivity contribution >= 4 is 23.3 Å². The van der Waals surface area contributed by atoms with Crippen molar-refractivity contribution in [1.82, 2.24) is 19.9 Å². The highest BCUT2D eigenvalue weighted by Crippen LogP contribution is 2.48. The molecule has 0 spiro atoms. The number of carbonyl (C=O) groups is 1. The van der Waals surface area contributed by atoms with Gasteiger partial charge in [0.1, 0.15) is 5.82 Å². The normalized spacial score (nSPS) is 16.1. The average Bonchev–Trinajstić information content (AvgIpc) is 2.99. The molecule has 1 amide bonds. The third-order valence-corrected chi connectivity index (χ3v) is 5.81. The van der Waals surface area contributed by atoms with E-state index in [1.807, 2.05) is 48.7 Å². The Morgan fingerprint density at radius 1 is 1.22 bits per heavy atom. The van der Waals surface area contributed by atoms with Gasteiger partial charge in [-0.2, -0.15) is 0 Å². The van der Waals surface area contributed by atoms with E-state index < -0.39 is 11.6 Å². The molecule has 4 rings (SSSR count). The zero-order valence-electron chi connectivity index (χ0n) is 15.2. The standard InChI is InChI=1S/C20H21ClN4O2/c1-19(2,22-18(26)27)15-5-3-12-25-16(15)23-24-17(25)20(10-4-11-20)13-6-8-14(21)9-7-13/h3,5-9,12,22H,4,10-11H2,1-2H3,(H,26,27). The summed E-state index contributed by atoms with van der Waals surface area (Å²) in [7, 11) is 0. The number of pyridine rings is 1. The maximum absolute atomic E-state index is 11.2. The number of amides is 1. The molecule has 2 aromatic heterocycles. The first-order valence-electron chi connectivity index (χ1n) is 8.95. The summed E-state index contributed by atoms with van der Waals surface area (Å²) in [6.07, 6.45) is 4.00. The second-order valence-electron chi connectivity index (χ2n) is 7.64. The molecule has 0 radical (unpaired) electrons. The molecule has 0 bridgehead atoms. The first-order chi connectivity index (χ1) is 12.8. The number of fused-ring (bicyclic) bond motifs is 1. The molecule has 6 nitrogen and oxygen atoms in total. The number of nitrogens with zero attached hydrogens (tertiary/aromatic N) is 3. The monoisotopic (exact) mass is 384 g/mol. The molecule has 0 unspecified atom stereocenters. The Bertz CT molecular complexity index is 1010. The van der Waals surface area contributed by atoms with E-state index in [-0.39, 0.29) is 5.41 Å². The summed E-state index contributed by atoms with van der Waals surface area (Å²) in [5.41, 5.74) is 1.67. The fourth-order valence-corrected chi connectivity index (χ4v) is 4.13. The smallest absolute Gasteiger partial charge is 0.405 e. The van der Waals surface area contributed by atoms with Crippen LogP contribution in [0.2, 0.25) is 5.02 Å². The summed E-state index contributed by atoms with van der Waals surface area (Å²) < 4.78 is 1.99. The van der Waals surface area contributed by atoms with Gasteiger partial charge in [-0.1, -0.05) is 36.2 Å². The Hall–Kier alpha value is -2.60. The average molecular weight is 385 g/mol. The molecule has 1 aromatic carbocycles. The summed E-state index contributed by atoms with van der Waals surface area (Å²) in [4.78, 5) is 11.2. The SMILES string of the molecule is CC(C)(NC(=O)O)c1cccn2c(C3(c4ccc(Cl)cc4)CCC3)nnc12. The van der Waals surface area contributed by atoms with Gasteiger partial charge in [0.15, 0.2) is 5.65 Å². The summed E-state index contributed by atoms with van der Waals surface area (Å²) >= 11 is 6.07. The van der Waals surface area contributed by atoms with E-state index in [9.17, 15) is 9.90 Å². The number of carboxylic acid groups (broad SMARTS) is 1. The molecule has 2 heterocycles. The van der Waals surface area contributed by atoms with Crippen LogP contribution in [0, 0.1) is 0 Å². The molecule has 0 aliphatic heterocycles. The second kappa shape index (κ2) is 6.23. The number of aromatic nitrogens is 3. The van der Waals surface area contributed by atoms with Crippen molar-refractivity contribution in [2.45, 2.75) is 44.1 Å². The molecule has 27 heavy (non-hydrogen) atoms. The molecule has 2 N–H and O–H groups in total. The van der Waals surface area contributed by atoms with Crippen molar-refractivity contribution in [3.8, 4) is 0 Å². The van der Waals surface area contributed by atoms with Crippen LogP contribution in [0.15, 0.2) is 42.6 Å². The van der Waals surface area contributed by atoms with Gasteiger partial charge in [0.05, 0.1) is 11.0 Å². The Kier molecular flexibility index (Phi) is 4.11. The Morgan fingerprint density at radius 2 is 1.93 bits per heavy atom.